The van der Waals surface area contributed by atoms with E-state index in [2.05, 4.69) is 10.3 Å². The molecule has 0 radical (unpaired) electrons. The highest BCUT2D eigenvalue weighted by atomic mass is 32.2. The Morgan fingerprint density at radius 1 is 0.941 bits per heavy atom. The number of carbonyl (C=O) groups is 2. The van der Waals surface area contributed by atoms with E-state index in [-0.39, 0.29) is 31.8 Å². The molecule has 2 amide bonds. The van der Waals surface area contributed by atoms with Crippen LogP contribution in [0.5, 0.6) is 0 Å². The van der Waals surface area contributed by atoms with Crippen LogP contribution in [0, 0.1) is 11.6 Å². The van der Waals surface area contributed by atoms with Gasteiger partial charge < -0.3 is 22.5 Å². The highest BCUT2D eigenvalue weighted by molar-refractivity contribution is 7.89. The molecule has 2 rings (SSSR count). The molecular weight excluding hydrogens is 470 g/mol. The maximum absolute atomic E-state index is 14.1. The number of carbonyl (C=O) groups excluding carboxylic acids is 2. The first kappa shape index (κ1) is 26.7. The summed E-state index contributed by atoms with van der Waals surface area (Å²) in [6.07, 6.45) is 0.0459. The zero-order valence-corrected chi connectivity index (χ0v) is 18.9. The zero-order chi connectivity index (χ0) is 25.3. The van der Waals surface area contributed by atoms with Gasteiger partial charge in [0, 0.05) is 13.0 Å². The van der Waals surface area contributed by atoms with E-state index in [1.165, 1.54) is 0 Å². The van der Waals surface area contributed by atoms with Gasteiger partial charge in [0.05, 0.1) is 0 Å². The third-order valence-electron chi connectivity index (χ3n) is 4.69. The van der Waals surface area contributed by atoms with Crippen LogP contribution in [0.15, 0.2) is 58.4 Å². The number of amides is 2. The van der Waals surface area contributed by atoms with Crippen molar-refractivity contribution in [3.8, 4) is 0 Å². The second-order valence-electron chi connectivity index (χ2n) is 7.33. The normalized spacial score (nSPS) is 13.0. The van der Waals surface area contributed by atoms with Crippen LogP contribution in [0.2, 0.25) is 0 Å². The van der Waals surface area contributed by atoms with E-state index in [4.69, 9.17) is 17.2 Å². The molecule has 2 unspecified atom stereocenters. The van der Waals surface area contributed by atoms with Crippen molar-refractivity contribution in [2.75, 3.05) is 6.54 Å². The molecule has 8 N–H and O–H groups in total. The van der Waals surface area contributed by atoms with Crippen molar-refractivity contribution in [3.63, 3.8) is 0 Å². The molecule has 2 atom stereocenters. The summed E-state index contributed by atoms with van der Waals surface area (Å²) in [4.78, 5) is 27.4. The predicted molar refractivity (Wildman–Crippen MR) is 122 cm³/mol. The van der Waals surface area contributed by atoms with Crippen LogP contribution in [0.4, 0.5) is 8.78 Å². The number of hydrogen-bond donors (Lipinski definition) is 5. The minimum Gasteiger partial charge on any atom is -0.370 e. The maximum Gasteiger partial charge on any atom is 0.247 e. The van der Waals surface area contributed by atoms with Crippen molar-refractivity contribution in [2.45, 2.75) is 36.2 Å². The molecule has 0 fully saturated rings. The van der Waals surface area contributed by atoms with Gasteiger partial charge in [-0.15, -0.1) is 0 Å². The molecule has 0 aromatic heterocycles. The summed E-state index contributed by atoms with van der Waals surface area (Å²) in [7, 11) is -4.80. The Kier molecular flexibility index (Phi) is 9.45. The smallest absolute Gasteiger partial charge is 0.247 e. The van der Waals surface area contributed by atoms with Crippen molar-refractivity contribution in [1.82, 2.24) is 10.0 Å². The van der Waals surface area contributed by atoms with Gasteiger partial charge in [-0.1, -0.05) is 36.4 Å². The van der Waals surface area contributed by atoms with Gasteiger partial charge in [-0.25, -0.2) is 17.2 Å². The lowest BCUT2D eigenvalue weighted by Crippen LogP contribution is -2.53. The molecule has 184 valence electrons. The van der Waals surface area contributed by atoms with Crippen molar-refractivity contribution in [2.24, 2.45) is 22.2 Å². The second-order valence-corrected chi connectivity index (χ2v) is 8.98. The fourth-order valence-corrected chi connectivity index (χ4v) is 4.44. The highest BCUT2D eigenvalue weighted by Gasteiger charge is 2.31. The summed E-state index contributed by atoms with van der Waals surface area (Å²) in [6, 6.07) is 8.56. The molecule has 0 bridgehead atoms. The molecule has 34 heavy (non-hydrogen) atoms. The Labute approximate surface area is 195 Å². The van der Waals surface area contributed by atoms with Gasteiger partial charge in [-0.2, -0.15) is 4.72 Å². The molecule has 0 heterocycles. The van der Waals surface area contributed by atoms with Crippen LogP contribution in [0.3, 0.4) is 0 Å². The first-order chi connectivity index (χ1) is 16.0. The Hall–Kier alpha value is -3.58. The van der Waals surface area contributed by atoms with Crippen LogP contribution in [0.25, 0.3) is 0 Å². The Morgan fingerprint density at radius 2 is 1.56 bits per heavy atom. The largest absolute Gasteiger partial charge is 0.370 e. The number of primary amides is 1. The van der Waals surface area contributed by atoms with Crippen LogP contribution >= 0.6 is 0 Å². The van der Waals surface area contributed by atoms with Crippen LogP contribution < -0.4 is 27.2 Å². The molecule has 10 nitrogen and oxygen atoms in total. The zero-order valence-electron chi connectivity index (χ0n) is 18.1. The molecule has 13 heteroatoms. The number of nitrogens with one attached hydrogen (secondary N) is 2. The average Bonchev–Trinajstić information content (AvgIpc) is 2.75. The quantitative estimate of drug-likeness (QED) is 0.155. The third-order valence-corrected chi connectivity index (χ3v) is 6.21. The van der Waals surface area contributed by atoms with Gasteiger partial charge in [-0.3, -0.25) is 14.6 Å². The molecule has 0 saturated heterocycles. The van der Waals surface area contributed by atoms with Crippen LogP contribution in [0.1, 0.15) is 18.4 Å². The number of guanidine groups is 1. The van der Waals surface area contributed by atoms with Crippen LogP contribution in [-0.4, -0.2) is 44.8 Å². The van der Waals surface area contributed by atoms with E-state index in [1.807, 2.05) is 4.72 Å². The molecule has 0 spiro atoms. The monoisotopic (exact) mass is 496 g/mol. The summed E-state index contributed by atoms with van der Waals surface area (Å²) in [6.45, 7) is 0.0607. The molecule has 2 aromatic rings. The van der Waals surface area contributed by atoms with E-state index < -0.39 is 50.5 Å². The lowest BCUT2D eigenvalue weighted by Gasteiger charge is -2.22. The molecule has 0 saturated carbocycles. The minimum atomic E-state index is -4.80. The second kappa shape index (κ2) is 12.0. The SMILES string of the molecule is NC(=O)C(Cc1ccccc1)NC(=O)C(CCCN=C(N)N)NS(=O)(=O)c1c(F)cccc1F. The topological polar surface area (TPSA) is 183 Å². The molecule has 0 aliphatic carbocycles. The summed E-state index contributed by atoms with van der Waals surface area (Å²) in [5, 5.41) is 2.40. The first-order valence-electron chi connectivity index (χ1n) is 10.2. The van der Waals surface area contributed by atoms with Crippen molar-refractivity contribution < 1.29 is 26.8 Å². The Balaban J connectivity index is 2.26. The van der Waals surface area contributed by atoms with Crippen molar-refractivity contribution >= 4 is 27.8 Å². The van der Waals surface area contributed by atoms with Crippen molar-refractivity contribution in [3.05, 3.63) is 65.7 Å². The predicted octanol–water partition coefficient (Wildman–Crippen LogP) is -0.122. The van der Waals surface area contributed by atoms with Gasteiger partial charge >= 0.3 is 0 Å². The highest BCUT2D eigenvalue weighted by Crippen LogP contribution is 2.19. The van der Waals surface area contributed by atoms with Gasteiger partial charge in [-0.05, 0) is 30.5 Å². The van der Waals surface area contributed by atoms with E-state index in [1.54, 1.807) is 30.3 Å². The fraction of sp³-hybridized carbons (Fsp3) is 0.286. The summed E-state index contributed by atoms with van der Waals surface area (Å²) in [5.74, 6) is -4.62. The van der Waals surface area contributed by atoms with Gasteiger partial charge in [0.2, 0.25) is 21.8 Å². The summed E-state index contributed by atoms with van der Waals surface area (Å²) < 4.78 is 55.6. The number of nitrogens with two attached hydrogens (primary N) is 3. The lowest BCUT2D eigenvalue weighted by atomic mass is 10.0. The summed E-state index contributed by atoms with van der Waals surface area (Å²) >= 11 is 0. The molecule has 2 aromatic carbocycles. The van der Waals surface area contributed by atoms with Gasteiger partial charge in [0.25, 0.3) is 0 Å². The number of benzene rings is 2. The fourth-order valence-electron chi connectivity index (χ4n) is 3.08. The van der Waals surface area contributed by atoms with E-state index in [0.717, 1.165) is 18.2 Å². The van der Waals surface area contributed by atoms with E-state index >= 15 is 0 Å². The number of halogens is 2. The first-order valence-corrected chi connectivity index (χ1v) is 11.6. The molecular formula is C21H26F2N6O4S. The number of sulfonamides is 1. The average molecular weight is 497 g/mol. The maximum atomic E-state index is 14.1. The number of nitrogens with zero attached hydrogens (tertiary/aromatic N) is 1. The summed E-state index contributed by atoms with van der Waals surface area (Å²) in [5.41, 5.74) is 16.6. The molecule has 0 aliphatic rings. The number of aliphatic imine (C=N–C) groups is 1. The van der Waals surface area contributed by atoms with Gasteiger partial charge in [0.1, 0.15) is 23.7 Å². The van der Waals surface area contributed by atoms with Gasteiger partial charge in [0.15, 0.2) is 10.9 Å². The van der Waals surface area contributed by atoms with Crippen LogP contribution in [-0.2, 0) is 26.0 Å². The van der Waals surface area contributed by atoms with Crippen molar-refractivity contribution in [1.29, 1.82) is 0 Å². The molecule has 0 aliphatic heterocycles. The van der Waals surface area contributed by atoms with E-state index in [0.29, 0.717) is 5.56 Å². The lowest BCUT2D eigenvalue weighted by molar-refractivity contribution is -0.128. The Morgan fingerprint density at radius 3 is 2.12 bits per heavy atom. The number of hydrogen-bond acceptors (Lipinski definition) is 5. The Bertz CT molecular complexity index is 1120. The van der Waals surface area contributed by atoms with E-state index in [9.17, 15) is 26.8 Å². The third kappa shape index (κ3) is 7.78. The number of rotatable bonds is 12. The standard InChI is InChI=1S/C21H26F2N6O4S/c22-14-8-4-9-15(23)18(14)34(32,33)29-16(10-5-11-27-21(25)26)20(31)28-17(19(24)30)12-13-6-2-1-3-7-13/h1-4,6-9,16-17,29H,5,10-12H2,(H2,24,30)(H,28,31)(H4,25,26,27). The minimum absolute atomic E-state index is 0.0529.